The molecule has 0 aliphatic heterocycles. The highest BCUT2D eigenvalue weighted by molar-refractivity contribution is 7.16. The Balaban J connectivity index is 1.94. The summed E-state index contributed by atoms with van der Waals surface area (Å²) in [7, 11) is 0. The molecule has 0 fully saturated rings. The number of fused-ring (bicyclic) bond motifs is 1. The van der Waals surface area contributed by atoms with Crippen molar-refractivity contribution in [1.82, 2.24) is 14.5 Å². The SMILES string of the molecule is CCCNc1nc(Cn2ccc(=O)cc2)nc2sccc12. The van der Waals surface area contributed by atoms with Gasteiger partial charge in [0.15, 0.2) is 11.3 Å². The second-order valence-corrected chi connectivity index (χ2v) is 5.66. The number of anilines is 1. The Morgan fingerprint density at radius 1 is 1.24 bits per heavy atom. The summed E-state index contributed by atoms with van der Waals surface area (Å²) in [6.07, 6.45) is 4.55. The number of hydrogen-bond donors (Lipinski definition) is 1. The molecule has 21 heavy (non-hydrogen) atoms. The number of hydrogen-bond acceptors (Lipinski definition) is 5. The third-order valence-electron chi connectivity index (χ3n) is 3.10. The molecule has 6 heteroatoms. The summed E-state index contributed by atoms with van der Waals surface area (Å²) in [5.41, 5.74) is 0.00572. The number of nitrogens with zero attached hydrogens (tertiary/aromatic N) is 3. The quantitative estimate of drug-likeness (QED) is 0.787. The van der Waals surface area contributed by atoms with Gasteiger partial charge in [0.05, 0.1) is 11.9 Å². The van der Waals surface area contributed by atoms with E-state index in [1.165, 1.54) is 0 Å². The van der Waals surface area contributed by atoms with Crippen LogP contribution in [0.3, 0.4) is 0 Å². The Kier molecular flexibility index (Phi) is 3.96. The summed E-state index contributed by atoms with van der Waals surface area (Å²) in [6, 6.07) is 5.13. The van der Waals surface area contributed by atoms with E-state index in [2.05, 4.69) is 22.2 Å². The number of rotatable bonds is 5. The van der Waals surface area contributed by atoms with Crippen molar-refractivity contribution in [3.8, 4) is 0 Å². The van der Waals surface area contributed by atoms with E-state index in [-0.39, 0.29) is 5.43 Å². The van der Waals surface area contributed by atoms with Crippen LogP contribution in [-0.4, -0.2) is 21.1 Å². The average molecular weight is 300 g/mol. The maximum atomic E-state index is 11.1. The van der Waals surface area contributed by atoms with Gasteiger partial charge in [0.25, 0.3) is 0 Å². The molecule has 0 aliphatic carbocycles. The lowest BCUT2D eigenvalue weighted by Crippen LogP contribution is -2.10. The highest BCUT2D eigenvalue weighted by atomic mass is 32.1. The molecule has 0 spiro atoms. The van der Waals surface area contributed by atoms with Crippen LogP contribution in [0.5, 0.6) is 0 Å². The highest BCUT2D eigenvalue weighted by Gasteiger charge is 2.08. The molecule has 0 aliphatic rings. The van der Waals surface area contributed by atoms with E-state index in [4.69, 9.17) is 0 Å². The lowest BCUT2D eigenvalue weighted by Gasteiger charge is -2.09. The van der Waals surface area contributed by atoms with E-state index in [0.29, 0.717) is 6.54 Å². The van der Waals surface area contributed by atoms with Crippen LogP contribution in [0.25, 0.3) is 10.2 Å². The molecular weight excluding hydrogens is 284 g/mol. The molecule has 3 aromatic heterocycles. The van der Waals surface area contributed by atoms with Gasteiger partial charge in [-0.2, -0.15) is 0 Å². The molecule has 0 amide bonds. The van der Waals surface area contributed by atoms with Crippen molar-refractivity contribution >= 4 is 27.4 Å². The first-order valence-electron chi connectivity index (χ1n) is 6.90. The maximum Gasteiger partial charge on any atom is 0.181 e. The van der Waals surface area contributed by atoms with Crippen molar-refractivity contribution in [2.75, 3.05) is 11.9 Å². The first-order chi connectivity index (χ1) is 10.3. The van der Waals surface area contributed by atoms with Crippen LogP contribution in [0.15, 0.2) is 40.8 Å². The van der Waals surface area contributed by atoms with Gasteiger partial charge in [0, 0.05) is 31.1 Å². The van der Waals surface area contributed by atoms with E-state index in [1.54, 1.807) is 35.9 Å². The van der Waals surface area contributed by atoms with E-state index in [9.17, 15) is 4.79 Å². The monoisotopic (exact) mass is 300 g/mol. The number of pyridine rings is 1. The number of nitrogens with one attached hydrogen (secondary N) is 1. The molecule has 1 N–H and O–H groups in total. The van der Waals surface area contributed by atoms with Crippen LogP contribution >= 0.6 is 11.3 Å². The average Bonchev–Trinajstić information content (AvgIpc) is 2.95. The molecule has 108 valence electrons. The smallest absolute Gasteiger partial charge is 0.181 e. The zero-order valence-electron chi connectivity index (χ0n) is 11.7. The van der Waals surface area contributed by atoms with Crippen LogP contribution in [-0.2, 0) is 6.54 Å². The summed E-state index contributed by atoms with van der Waals surface area (Å²) in [5.74, 6) is 1.63. The van der Waals surface area contributed by atoms with E-state index in [1.807, 2.05) is 16.0 Å². The predicted molar refractivity (Wildman–Crippen MR) is 86.0 cm³/mol. The lowest BCUT2D eigenvalue weighted by molar-refractivity contribution is 0.743. The number of thiophene rings is 1. The first kappa shape index (κ1) is 13.8. The maximum absolute atomic E-state index is 11.1. The van der Waals surface area contributed by atoms with Crippen molar-refractivity contribution in [1.29, 1.82) is 0 Å². The highest BCUT2D eigenvalue weighted by Crippen LogP contribution is 2.25. The Morgan fingerprint density at radius 2 is 2.05 bits per heavy atom. The molecule has 3 aromatic rings. The molecular formula is C15H16N4OS. The summed E-state index contributed by atoms with van der Waals surface area (Å²) >= 11 is 1.61. The Hall–Kier alpha value is -2.21. The van der Waals surface area contributed by atoms with Crippen molar-refractivity contribution in [2.24, 2.45) is 0 Å². The molecule has 3 heterocycles. The molecule has 0 saturated carbocycles. The van der Waals surface area contributed by atoms with Crippen LogP contribution < -0.4 is 10.7 Å². The van der Waals surface area contributed by atoms with Crippen molar-refractivity contribution in [3.63, 3.8) is 0 Å². The van der Waals surface area contributed by atoms with Gasteiger partial charge in [0.2, 0.25) is 0 Å². The molecule has 5 nitrogen and oxygen atoms in total. The second kappa shape index (κ2) is 6.05. The topological polar surface area (TPSA) is 59.8 Å². The second-order valence-electron chi connectivity index (χ2n) is 4.76. The zero-order valence-corrected chi connectivity index (χ0v) is 12.6. The van der Waals surface area contributed by atoms with Crippen molar-refractivity contribution in [2.45, 2.75) is 19.9 Å². The fourth-order valence-corrected chi connectivity index (χ4v) is 2.84. The molecule has 0 radical (unpaired) electrons. The van der Waals surface area contributed by atoms with E-state index < -0.39 is 0 Å². The molecule has 0 aromatic carbocycles. The van der Waals surface area contributed by atoms with Gasteiger partial charge in [-0.3, -0.25) is 4.79 Å². The molecule has 0 saturated heterocycles. The van der Waals surface area contributed by atoms with Crippen LogP contribution in [0, 0.1) is 0 Å². The minimum absolute atomic E-state index is 0.00572. The third kappa shape index (κ3) is 3.11. The summed E-state index contributed by atoms with van der Waals surface area (Å²) in [6.45, 7) is 3.56. The first-order valence-corrected chi connectivity index (χ1v) is 7.78. The molecule has 0 bridgehead atoms. The minimum atomic E-state index is 0.00572. The zero-order chi connectivity index (χ0) is 14.7. The van der Waals surface area contributed by atoms with Gasteiger partial charge in [-0.25, -0.2) is 9.97 Å². The van der Waals surface area contributed by atoms with Gasteiger partial charge < -0.3 is 9.88 Å². The molecule has 3 rings (SSSR count). The van der Waals surface area contributed by atoms with Gasteiger partial charge in [0.1, 0.15) is 10.6 Å². The third-order valence-corrected chi connectivity index (χ3v) is 3.90. The van der Waals surface area contributed by atoms with Crippen LogP contribution in [0.4, 0.5) is 5.82 Å². The Morgan fingerprint density at radius 3 is 2.81 bits per heavy atom. The molecule has 0 atom stereocenters. The molecule has 0 unspecified atom stereocenters. The van der Waals surface area contributed by atoms with Gasteiger partial charge in [-0.05, 0) is 17.9 Å². The van der Waals surface area contributed by atoms with Crippen molar-refractivity contribution in [3.05, 3.63) is 52.0 Å². The van der Waals surface area contributed by atoms with Crippen LogP contribution in [0.2, 0.25) is 0 Å². The van der Waals surface area contributed by atoms with Gasteiger partial charge in [-0.15, -0.1) is 11.3 Å². The van der Waals surface area contributed by atoms with Gasteiger partial charge >= 0.3 is 0 Å². The minimum Gasteiger partial charge on any atom is -0.369 e. The lowest BCUT2D eigenvalue weighted by atomic mass is 10.3. The standard InChI is InChI=1S/C15H16N4OS/c1-2-6-16-14-12-5-9-21-15(12)18-13(17-14)10-19-7-3-11(20)4-8-19/h3-5,7-9H,2,6,10H2,1H3,(H,16,17,18). The summed E-state index contributed by atoms with van der Waals surface area (Å²) < 4.78 is 1.90. The van der Waals surface area contributed by atoms with E-state index >= 15 is 0 Å². The Bertz CT molecular complexity index is 788. The van der Waals surface area contributed by atoms with Crippen LogP contribution in [0.1, 0.15) is 19.2 Å². The fraction of sp³-hybridized carbons (Fsp3) is 0.267. The largest absolute Gasteiger partial charge is 0.369 e. The summed E-state index contributed by atoms with van der Waals surface area (Å²) in [4.78, 5) is 21.3. The normalized spacial score (nSPS) is 10.9. The summed E-state index contributed by atoms with van der Waals surface area (Å²) in [5, 5.41) is 6.45. The Labute approximate surface area is 126 Å². The van der Waals surface area contributed by atoms with E-state index in [0.717, 1.165) is 34.8 Å². The van der Waals surface area contributed by atoms with Crippen molar-refractivity contribution < 1.29 is 0 Å². The van der Waals surface area contributed by atoms with Gasteiger partial charge in [-0.1, -0.05) is 6.92 Å². The number of aromatic nitrogens is 3. The predicted octanol–water partition coefficient (Wildman–Crippen LogP) is 2.72. The fourth-order valence-electron chi connectivity index (χ4n) is 2.06.